The Morgan fingerprint density at radius 3 is 2.95 bits per heavy atom. The number of rotatable bonds is 5. The highest BCUT2D eigenvalue weighted by Crippen LogP contribution is 2.26. The van der Waals surface area contributed by atoms with Crippen LogP contribution in [0.1, 0.15) is 31.5 Å². The lowest BCUT2D eigenvalue weighted by Gasteiger charge is -2.22. The summed E-state index contributed by atoms with van der Waals surface area (Å²) in [5, 5.41) is 3.03. The predicted molar refractivity (Wildman–Crippen MR) is 78.4 cm³/mol. The quantitative estimate of drug-likeness (QED) is 0.896. The van der Waals surface area contributed by atoms with E-state index in [0.717, 1.165) is 24.3 Å². The maximum atomic E-state index is 12.0. The molecule has 20 heavy (non-hydrogen) atoms. The molecule has 1 fully saturated rings. The van der Waals surface area contributed by atoms with Crippen molar-refractivity contribution in [2.45, 2.75) is 39.7 Å². The van der Waals surface area contributed by atoms with Crippen molar-refractivity contribution in [2.24, 2.45) is 11.8 Å². The Labute approximate surface area is 120 Å². The zero-order valence-electron chi connectivity index (χ0n) is 12.6. The minimum absolute atomic E-state index is 0.0602. The highest BCUT2D eigenvalue weighted by atomic mass is 16.5. The molecule has 0 radical (unpaired) electrons. The maximum absolute atomic E-state index is 12.0. The second-order valence-corrected chi connectivity index (χ2v) is 5.92. The molecule has 1 aromatic heterocycles. The van der Waals surface area contributed by atoms with Gasteiger partial charge in [-0.05, 0) is 30.9 Å². The van der Waals surface area contributed by atoms with Gasteiger partial charge >= 0.3 is 0 Å². The molecule has 0 aromatic carbocycles. The van der Waals surface area contributed by atoms with Crippen LogP contribution in [0.25, 0.3) is 0 Å². The standard InChI is InChI=1S/C16H24N2O2/c1-11(2)16-14(6-7-20-16)10-18-15(19)8-13-5-4-12(3)17-9-13/h4-5,9,11,14,16H,6-8,10H2,1-3H3,(H,18,19). The topological polar surface area (TPSA) is 51.2 Å². The van der Waals surface area contributed by atoms with Gasteiger partial charge < -0.3 is 10.1 Å². The van der Waals surface area contributed by atoms with Crippen LogP contribution in [0.2, 0.25) is 0 Å². The van der Waals surface area contributed by atoms with Crippen LogP contribution in [0.4, 0.5) is 0 Å². The molecule has 2 rings (SSSR count). The molecule has 1 saturated heterocycles. The van der Waals surface area contributed by atoms with Crippen molar-refractivity contribution in [1.82, 2.24) is 10.3 Å². The third-order valence-corrected chi connectivity index (χ3v) is 3.82. The predicted octanol–water partition coefficient (Wildman–Crippen LogP) is 2.11. The third kappa shape index (κ3) is 4.04. The Balaban J connectivity index is 1.79. The Morgan fingerprint density at radius 2 is 2.30 bits per heavy atom. The molecule has 4 nitrogen and oxygen atoms in total. The number of pyridine rings is 1. The minimum Gasteiger partial charge on any atom is -0.378 e. The molecule has 1 aliphatic heterocycles. The first kappa shape index (κ1) is 15.0. The number of carbonyl (C=O) groups is 1. The molecule has 0 bridgehead atoms. The van der Waals surface area contributed by atoms with E-state index in [-0.39, 0.29) is 12.0 Å². The van der Waals surface area contributed by atoms with Gasteiger partial charge in [0.25, 0.3) is 0 Å². The smallest absolute Gasteiger partial charge is 0.224 e. The maximum Gasteiger partial charge on any atom is 0.224 e. The van der Waals surface area contributed by atoms with Gasteiger partial charge in [0.2, 0.25) is 5.91 Å². The molecule has 1 amide bonds. The number of hydrogen-bond donors (Lipinski definition) is 1. The normalized spacial score (nSPS) is 22.2. The average Bonchev–Trinajstić information content (AvgIpc) is 2.88. The van der Waals surface area contributed by atoms with Crippen LogP contribution in [0.3, 0.4) is 0 Å². The zero-order valence-corrected chi connectivity index (χ0v) is 12.6. The van der Waals surface area contributed by atoms with Crippen LogP contribution in [0, 0.1) is 18.8 Å². The molecule has 0 aliphatic carbocycles. The Morgan fingerprint density at radius 1 is 1.50 bits per heavy atom. The molecule has 0 spiro atoms. The summed E-state index contributed by atoms with van der Waals surface area (Å²) in [6.07, 6.45) is 3.48. The summed E-state index contributed by atoms with van der Waals surface area (Å²) in [5.74, 6) is 1.00. The second kappa shape index (κ2) is 6.84. The number of nitrogens with one attached hydrogen (secondary N) is 1. The van der Waals surface area contributed by atoms with Crippen molar-refractivity contribution in [1.29, 1.82) is 0 Å². The summed E-state index contributed by atoms with van der Waals surface area (Å²) in [7, 11) is 0. The lowest BCUT2D eigenvalue weighted by molar-refractivity contribution is -0.120. The van der Waals surface area contributed by atoms with E-state index in [1.807, 2.05) is 19.1 Å². The van der Waals surface area contributed by atoms with Crippen molar-refractivity contribution >= 4 is 5.91 Å². The van der Waals surface area contributed by atoms with Gasteiger partial charge in [-0.2, -0.15) is 0 Å². The summed E-state index contributed by atoms with van der Waals surface area (Å²) in [6.45, 7) is 7.80. The fraction of sp³-hybridized carbons (Fsp3) is 0.625. The van der Waals surface area contributed by atoms with Crippen LogP contribution < -0.4 is 5.32 Å². The van der Waals surface area contributed by atoms with Crippen molar-refractivity contribution < 1.29 is 9.53 Å². The van der Waals surface area contributed by atoms with Crippen LogP contribution >= 0.6 is 0 Å². The number of hydrogen-bond acceptors (Lipinski definition) is 3. The summed E-state index contributed by atoms with van der Waals surface area (Å²) in [6, 6.07) is 3.89. The fourth-order valence-corrected chi connectivity index (χ4v) is 2.71. The Bertz CT molecular complexity index is 442. The largest absolute Gasteiger partial charge is 0.378 e. The van der Waals surface area contributed by atoms with Gasteiger partial charge in [-0.25, -0.2) is 0 Å². The molecule has 1 N–H and O–H groups in total. The summed E-state index contributed by atoms with van der Waals surface area (Å²) >= 11 is 0. The van der Waals surface area contributed by atoms with Gasteiger partial charge in [-0.3, -0.25) is 9.78 Å². The molecule has 1 aliphatic rings. The van der Waals surface area contributed by atoms with E-state index in [4.69, 9.17) is 4.74 Å². The highest BCUT2D eigenvalue weighted by molar-refractivity contribution is 5.78. The van der Waals surface area contributed by atoms with Gasteiger partial charge in [0.05, 0.1) is 12.5 Å². The monoisotopic (exact) mass is 276 g/mol. The number of carbonyl (C=O) groups excluding carboxylic acids is 1. The lowest BCUT2D eigenvalue weighted by Crippen LogP contribution is -2.35. The first-order valence-electron chi connectivity index (χ1n) is 7.36. The average molecular weight is 276 g/mol. The molecular formula is C16H24N2O2. The molecule has 2 atom stereocenters. The van der Waals surface area contributed by atoms with Gasteiger partial charge in [0.15, 0.2) is 0 Å². The summed E-state index contributed by atoms with van der Waals surface area (Å²) < 4.78 is 5.73. The van der Waals surface area contributed by atoms with Gasteiger partial charge in [0, 0.05) is 31.0 Å². The van der Waals surface area contributed by atoms with E-state index in [9.17, 15) is 4.79 Å². The number of nitrogens with zero attached hydrogens (tertiary/aromatic N) is 1. The Hall–Kier alpha value is -1.42. The molecular weight excluding hydrogens is 252 g/mol. The molecule has 1 aromatic rings. The van der Waals surface area contributed by atoms with Gasteiger partial charge in [-0.1, -0.05) is 19.9 Å². The van der Waals surface area contributed by atoms with E-state index >= 15 is 0 Å². The molecule has 110 valence electrons. The number of ether oxygens (including phenoxy) is 1. The van der Waals surface area contributed by atoms with Crippen LogP contribution in [-0.4, -0.2) is 30.1 Å². The van der Waals surface area contributed by atoms with Crippen molar-refractivity contribution in [3.63, 3.8) is 0 Å². The van der Waals surface area contributed by atoms with E-state index in [1.54, 1.807) is 6.20 Å². The van der Waals surface area contributed by atoms with Crippen molar-refractivity contribution in [2.75, 3.05) is 13.2 Å². The molecule has 4 heteroatoms. The first-order valence-corrected chi connectivity index (χ1v) is 7.36. The second-order valence-electron chi connectivity index (χ2n) is 5.92. The van der Waals surface area contributed by atoms with E-state index in [0.29, 0.717) is 24.8 Å². The Kier molecular flexibility index (Phi) is 5.12. The van der Waals surface area contributed by atoms with Crippen LogP contribution in [0.15, 0.2) is 18.3 Å². The number of aromatic nitrogens is 1. The molecule has 2 heterocycles. The van der Waals surface area contributed by atoms with Crippen LogP contribution in [-0.2, 0) is 16.0 Å². The number of amides is 1. The fourth-order valence-electron chi connectivity index (χ4n) is 2.71. The SMILES string of the molecule is Cc1ccc(CC(=O)NCC2CCOC2C(C)C)cn1. The molecule has 0 saturated carbocycles. The van der Waals surface area contributed by atoms with E-state index in [1.165, 1.54) is 0 Å². The minimum atomic E-state index is 0.0602. The van der Waals surface area contributed by atoms with Crippen molar-refractivity contribution in [3.05, 3.63) is 29.6 Å². The van der Waals surface area contributed by atoms with Crippen LogP contribution in [0.5, 0.6) is 0 Å². The van der Waals surface area contributed by atoms with Gasteiger partial charge in [-0.15, -0.1) is 0 Å². The highest BCUT2D eigenvalue weighted by Gasteiger charge is 2.30. The molecule has 2 unspecified atom stereocenters. The first-order chi connectivity index (χ1) is 9.56. The van der Waals surface area contributed by atoms with E-state index in [2.05, 4.69) is 24.1 Å². The third-order valence-electron chi connectivity index (χ3n) is 3.82. The summed E-state index contributed by atoms with van der Waals surface area (Å²) in [5.41, 5.74) is 1.92. The van der Waals surface area contributed by atoms with Gasteiger partial charge in [0.1, 0.15) is 0 Å². The summed E-state index contributed by atoms with van der Waals surface area (Å²) in [4.78, 5) is 16.2. The zero-order chi connectivity index (χ0) is 14.5. The van der Waals surface area contributed by atoms with Crippen molar-refractivity contribution in [3.8, 4) is 0 Å². The van der Waals surface area contributed by atoms with E-state index < -0.39 is 0 Å². The lowest BCUT2D eigenvalue weighted by atomic mass is 9.93. The number of aryl methyl sites for hydroxylation is 1.